The molecule has 0 aromatic rings. The van der Waals surface area contributed by atoms with Crippen LogP contribution < -0.4 is 5.73 Å². The molecule has 2 unspecified atom stereocenters. The number of aliphatic hydroxyl groups is 1. The molecule has 3 N–H and O–H groups in total. The fourth-order valence-electron chi connectivity index (χ4n) is 1.00. The summed E-state index contributed by atoms with van der Waals surface area (Å²) in [6.45, 7) is 0. The van der Waals surface area contributed by atoms with Gasteiger partial charge in [0.25, 0.3) is 0 Å². The van der Waals surface area contributed by atoms with Crippen molar-refractivity contribution in [1.29, 1.82) is 0 Å². The van der Waals surface area contributed by atoms with E-state index in [4.69, 9.17) is 10.8 Å². The van der Waals surface area contributed by atoms with E-state index in [0.717, 1.165) is 0 Å². The van der Waals surface area contributed by atoms with Crippen LogP contribution in [0.1, 0.15) is 6.42 Å². The number of sulfone groups is 1. The summed E-state index contributed by atoms with van der Waals surface area (Å²) in [7, 11) is -2.95. The Hall–Kier alpha value is -0.130. The largest absolute Gasteiger partial charge is 0.391 e. The van der Waals surface area contributed by atoms with Gasteiger partial charge in [-0.2, -0.15) is 0 Å². The Balaban J connectivity index is 2.66. The first-order valence-corrected chi connectivity index (χ1v) is 4.97. The lowest BCUT2D eigenvalue weighted by Gasteiger charge is -2.23. The van der Waals surface area contributed by atoms with Crippen LogP contribution in [0, 0.1) is 0 Å². The van der Waals surface area contributed by atoms with Crippen LogP contribution in [0.2, 0.25) is 0 Å². The van der Waals surface area contributed by atoms with E-state index in [0.29, 0.717) is 0 Å². The average Bonchev–Trinajstić information content (AvgIpc) is 1.79. The summed E-state index contributed by atoms with van der Waals surface area (Å²) in [5.74, 6) is -0.00394. The van der Waals surface area contributed by atoms with Gasteiger partial charge in [-0.05, 0) is 6.42 Å². The third-order valence-corrected chi connectivity index (χ3v) is 3.42. The summed E-state index contributed by atoms with van der Waals surface area (Å²) >= 11 is 0. The van der Waals surface area contributed by atoms with Crippen LogP contribution in [-0.2, 0) is 9.84 Å². The highest BCUT2D eigenvalue weighted by Crippen LogP contribution is 2.10. The molecule has 0 bridgehead atoms. The fourth-order valence-corrected chi connectivity index (χ4v) is 2.58. The second-order valence-electron chi connectivity index (χ2n) is 2.63. The maximum atomic E-state index is 10.8. The first-order valence-electron chi connectivity index (χ1n) is 3.15. The summed E-state index contributed by atoms with van der Waals surface area (Å²) < 4.78 is 21.6. The first kappa shape index (κ1) is 7.97. The molecular formula is C5H11NO3S. The van der Waals surface area contributed by atoms with E-state index in [2.05, 4.69) is 0 Å². The standard InChI is InChI=1S/C5H11NO3S/c6-4-3-10(8,9)2-1-5(4)7/h4-5,7H,1-3,6H2. The minimum atomic E-state index is -2.95. The van der Waals surface area contributed by atoms with Gasteiger partial charge in [0, 0.05) is 6.04 Å². The summed E-state index contributed by atoms with van der Waals surface area (Å²) in [5, 5.41) is 9.02. The van der Waals surface area contributed by atoms with E-state index in [1.807, 2.05) is 0 Å². The van der Waals surface area contributed by atoms with E-state index in [1.54, 1.807) is 0 Å². The van der Waals surface area contributed by atoms with Crippen LogP contribution in [0.5, 0.6) is 0 Å². The highest BCUT2D eigenvalue weighted by Gasteiger charge is 2.28. The van der Waals surface area contributed by atoms with E-state index >= 15 is 0 Å². The summed E-state index contributed by atoms with van der Waals surface area (Å²) in [4.78, 5) is 0. The number of aliphatic hydroxyl groups excluding tert-OH is 1. The van der Waals surface area contributed by atoms with E-state index in [-0.39, 0.29) is 17.9 Å². The van der Waals surface area contributed by atoms with Crippen molar-refractivity contribution in [2.24, 2.45) is 5.73 Å². The third kappa shape index (κ3) is 1.68. The van der Waals surface area contributed by atoms with Crippen molar-refractivity contribution in [3.63, 3.8) is 0 Å². The van der Waals surface area contributed by atoms with Crippen molar-refractivity contribution >= 4 is 9.84 Å². The fraction of sp³-hybridized carbons (Fsp3) is 1.00. The minimum Gasteiger partial charge on any atom is -0.391 e. The third-order valence-electron chi connectivity index (χ3n) is 1.67. The monoisotopic (exact) mass is 165 g/mol. The highest BCUT2D eigenvalue weighted by atomic mass is 32.2. The molecule has 5 heteroatoms. The summed E-state index contributed by atoms with van der Waals surface area (Å²) in [6, 6.07) is -0.584. The summed E-state index contributed by atoms with van der Waals surface area (Å²) in [5.41, 5.74) is 5.32. The van der Waals surface area contributed by atoms with Crippen LogP contribution in [0.15, 0.2) is 0 Å². The zero-order valence-corrected chi connectivity index (χ0v) is 6.34. The van der Waals surface area contributed by atoms with Gasteiger partial charge < -0.3 is 10.8 Å². The van der Waals surface area contributed by atoms with Gasteiger partial charge in [-0.25, -0.2) is 8.42 Å². The Kier molecular flexibility index (Phi) is 1.98. The van der Waals surface area contributed by atoms with Crippen molar-refractivity contribution in [3.8, 4) is 0 Å². The SMILES string of the molecule is NC1CS(=O)(=O)CCC1O. The molecule has 0 aromatic heterocycles. The van der Waals surface area contributed by atoms with Crippen LogP contribution >= 0.6 is 0 Å². The Bertz CT molecular complexity index is 211. The zero-order chi connectivity index (χ0) is 7.78. The molecule has 0 radical (unpaired) electrons. The molecule has 1 aliphatic rings. The quantitative estimate of drug-likeness (QED) is 0.457. The van der Waals surface area contributed by atoms with Crippen molar-refractivity contribution in [3.05, 3.63) is 0 Å². The van der Waals surface area contributed by atoms with Crippen molar-refractivity contribution < 1.29 is 13.5 Å². The van der Waals surface area contributed by atoms with Crippen LogP contribution in [0.4, 0.5) is 0 Å². The van der Waals surface area contributed by atoms with Crippen molar-refractivity contribution in [2.45, 2.75) is 18.6 Å². The van der Waals surface area contributed by atoms with Gasteiger partial charge in [0.15, 0.2) is 9.84 Å². The van der Waals surface area contributed by atoms with Gasteiger partial charge in [0.05, 0.1) is 17.6 Å². The second kappa shape index (κ2) is 2.48. The first-order chi connectivity index (χ1) is 4.51. The van der Waals surface area contributed by atoms with Gasteiger partial charge >= 0.3 is 0 Å². The van der Waals surface area contributed by atoms with Crippen LogP contribution in [-0.4, -0.2) is 37.2 Å². The molecule has 1 aliphatic heterocycles. The lowest BCUT2D eigenvalue weighted by atomic mass is 10.1. The molecule has 0 spiro atoms. The summed E-state index contributed by atoms with van der Waals surface area (Å²) in [6.07, 6.45) is -0.354. The molecule has 1 saturated heterocycles. The molecule has 0 aromatic carbocycles. The normalized spacial score (nSPS) is 39.4. The minimum absolute atomic E-state index is 0.0713. The predicted molar refractivity (Wildman–Crippen MR) is 37.3 cm³/mol. The van der Waals surface area contributed by atoms with Gasteiger partial charge in [0.2, 0.25) is 0 Å². The van der Waals surface area contributed by atoms with E-state index in [9.17, 15) is 8.42 Å². The number of hydrogen-bond donors (Lipinski definition) is 2. The molecule has 10 heavy (non-hydrogen) atoms. The highest BCUT2D eigenvalue weighted by molar-refractivity contribution is 7.91. The molecule has 0 saturated carbocycles. The number of rotatable bonds is 0. The lowest BCUT2D eigenvalue weighted by molar-refractivity contribution is 0.144. The Morgan fingerprint density at radius 2 is 2.10 bits per heavy atom. The Morgan fingerprint density at radius 3 is 2.50 bits per heavy atom. The molecule has 0 amide bonds. The number of hydrogen-bond acceptors (Lipinski definition) is 4. The molecule has 4 nitrogen and oxygen atoms in total. The topological polar surface area (TPSA) is 80.4 Å². The van der Waals surface area contributed by atoms with Gasteiger partial charge in [0.1, 0.15) is 0 Å². The predicted octanol–water partition coefficient (Wildman–Crippen LogP) is -1.51. The Morgan fingerprint density at radius 1 is 1.50 bits per heavy atom. The molecule has 1 heterocycles. The van der Waals surface area contributed by atoms with Crippen LogP contribution in [0.3, 0.4) is 0 Å². The maximum Gasteiger partial charge on any atom is 0.152 e. The lowest BCUT2D eigenvalue weighted by Crippen LogP contribution is -2.46. The smallest absolute Gasteiger partial charge is 0.152 e. The van der Waals surface area contributed by atoms with Crippen molar-refractivity contribution in [1.82, 2.24) is 0 Å². The van der Waals surface area contributed by atoms with Gasteiger partial charge in [-0.1, -0.05) is 0 Å². The molecular weight excluding hydrogens is 154 g/mol. The number of nitrogens with two attached hydrogens (primary N) is 1. The molecule has 1 rings (SSSR count). The van der Waals surface area contributed by atoms with Gasteiger partial charge in [-0.3, -0.25) is 0 Å². The Labute approximate surface area is 60.0 Å². The molecule has 2 atom stereocenters. The maximum absolute atomic E-state index is 10.8. The second-order valence-corrected chi connectivity index (χ2v) is 4.86. The van der Waals surface area contributed by atoms with Gasteiger partial charge in [-0.15, -0.1) is 0 Å². The van der Waals surface area contributed by atoms with Crippen molar-refractivity contribution in [2.75, 3.05) is 11.5 Å². The average molecular weight is 165 g/mol. The van der Waals surface area contributed by atoms with E-state index < -0.39 is 22.0 Å². The van der Waals surface area contributed by atoms with Crippen LogP contribution in [0.25, 0.3) is 0 Å². The van der Waals surface area contributed by atoms with E-state index in [1.165, 1.54) is 0 Å². The molecule has 1 fully saturated rings. The molecule has 0 aliphatic carbocycles. The molecule has 60 valence electrons. The zero-order valence-electron chi connectivity index (χ0n) is 5.53.